The van der Waals surface area contributed by atoms with Crippen LogP contribution in [0.15, 0.2) is 12.3 Å². The molecule has 1 radical (unpaired) electrons. The van der Waals surface area contributed by atoms with Crippen molar-refractivity contribution >= 4 is 0 Å². The zero-order chi connectivity index (χ0) is 5.11. The van der Waals surface area contributed by atoms with Gasteiger partial charge in [0.2, 0.25) is 0 Å². The molecule has 0 aromatic heterocycles. The molecule has 1 aliphatic heterocycles. The van der Waals surface area contributed by atoms with E-state index in [2.05, 4.69) is 10.3 Å². The third kappa shape index (κ3) is 0.699. The standard InChI is InChI=1S/C4H3N2O/c5-3-4-1-2-7-6-4/h1-2,4H. The monoisotopic (exact) mass is 95.0 g/mol. The fraction of sp³-hybridized carbons (Fsp3) is 0.250. The molecule has 0 bridgehead atoms. The molecule has 0 fully saturated rings. The van der Waals surface area contributed by atoms with Crippen LogP contribution in [0.25, 0.3) is 0 Å². The second-order valence-corrected chi connectivity index (χ2v) is 1.11. The Balaban J connectivity index is 2.47. The van der Waals surface area contributed by atoms with E-state index >= 15 is 0 Å². The van der Waals surface area contributed by atoms with Crippen molar-refractivity contribution in [3.05, 3.63) is 12.3 Å². The third-order valence-corrected chi connectivity index (χ3v) is 0.628. The summed E-state index contributed by atoms with van der Waals surface area (Å²) >= 11 is 0. The van der Waals surface area contributed by atoms with Gasteiger partial charge in [0.1, 0.15) is 6.26 Å². The van der Waals surface area contributed by atoms with Gasteiger partial charge in [0, 0.05) is 0 Å². The quantitative estimate of drug-likeness (QED) is 0.423. The van der Waals surface area contributed by atoms with Crippen LogP contribution in [0.1, 0.15) is 0 Å². The minimum Gasteiger partial charge on any atom is -0.394 e. The summed E-state index contributed by atoms with van der Waals surface area (Å²) in [6.07, 6.45) is 2.98. The molecule has 3 nitrogen and oxygen atoms in total. The van der Waals surface area contributed by atoms with Crippen molar-refractivity contribution in [1.29, 1.82) is 5.26 Å². The molecule has 1 rings (SSSR count). The van der Waals surface area contributed by atoms with Crippen molar-refractivity contribution in [2.45, 2.75) is 6.04 Å². The zero-order valence-electron chi connectivity index (χ0n) is 3.53. The van der Waals surface area contributed by atoms with Crippen LogP contribution in [0.3, 0.4) is 0 Å². The van der Waals surface area contributed by atoms with Crippen LogP contribution in [0.4, 0.5) is 0 Å². The molecule has 0 amide bonds. The van der Waals surface area contributed by atoms with Crippen LogP contribution in [0, 0.1) is 11.3 Å². The Morgan fingerprint density at radius 1 is 1.86 bits per heavy atom. The van der Waals surface area contributed by atoms with E-state index < -0.39 is 0 Å². The summed E-state index contributed by atoms with van der Waals surface area (Å²) in [7, 11) is 0. The van der Waals surface area contributed by atoms with Gasteiger partial charge < -0.3 is 4.84 Å². The van der Waals surface area contributed by atoms with Crippen molar-refractivity contribution in [3.63, 3.8) is 0 Å². The lowest BCUT2D eigenvalue weighted by molar-refractivity contribution is 0.144. The second-order valence-electron chi connectivity index (χ2n) is 1.11. The Morgan fingerprint density at radius 3 is 3.00 bits per heavy atom. The van der Waals surface area contributed by atoms with E-state index in [1.165, 1.54) is 6.26 Å². The van der Waals surface area contributed by atoms with Gasteiger partial charge in [0.25, 0.3) is 0 Å². The lowest BCUT2D eigenvalue weighted by Gasteiger charge is -1.86. The average Bonchev–Trinajstić information content (AvgIpc) is 2.14. The molecule has 0 aromatic carbocycles. The van der Waals surface area contributed by atoms with Crippen molar-refractivity contribution in [3.8, 4) is 6.07 Å². The maximum Gasteiger partial charge on any atom is 0.173 e. The predicted octanol–water partition coefficient (Wildman–Crippen LogP) is -0.0581. The summed E-state index contributed by atoms with van der Waals surface area (Å²) in [6.45, 7) is 0. The molecule has 1 atom stereocenters. The Morgan fingerprint density at radius 2 is 2.71 bits per heavy atom. The second kappa shape index (κ2) is 1.63. The number of hydroxylamine groups is 1. The summed E-state index contributed by atoms with van der Waals surface area (Å²) in [5, 5.41) is 8.09. The maximum atomic E-state index is 8.09. The van der Waals surface area contributed by atoms with Crippen LogP contribution >= 0.6 is 0 Å². The Bertz CT molecular complexity index is 124. The van der Waals surface area contributed by atoms with E-state index in [0.29, 0.717) is 0 Å². The largest absolute Gasteiger partial charge is 0.394 e. The maximum absolute atomic E-state index is 8.09. The molecular formula is C4H3N2O. The van der Waals surface area contributed by atoms with Crippen LogP contribution in [0.5, 0.6) is 0 Å². The summed E-state index contributed by atoms with van der Waals surface area (Å²) in [4.78, 5) is 4.37. The van der Waals surface area contributed by atoms with Gasteiger partial charge in [-0.3, -0.25) is 0 Å². The number of rotatable bonds is 0. The van der Waals surface area contributed by atoms with Gasteiger partial charge >= 0.3 is 0 Å². The van der Waals surface area contributed by atoms with Gasteiger partial charge in [-0.25, -0.2) is 0 Å². The molecule has 1 aliphatic rings. The van der Waals surface area contributed by atoms with E-state index in [1.807, 2.05) is 6.07 Å². The van der Waals surface area contributed by atoms with Crippen LogP contribution in [-0.4, -0.2) is 6.04 Å². The number of nitrogens with zero attached hydrogens (tertiary/aromatic N) is 2. The van der Waals surface area contributed by atoms with Crippen molar-refractivity contribution < 1.29 is 4.84 Å². The van der Waals surface area contributed by atoms with Crippen molar-refractivity contribution in [2.75, 3.05) is 0 Å². The normalized spacial score (nSPS) is 26.4. The molecule has 0 aromatic rings. The summed E-state index contributed by atoms with van der Waals surface area (Å²) < 4.78 is 0. The van der Waals surface area contributed by atoms with E-state index in [9.17, 15) is 0 Å². The molecular weight excluding hydrogens is 92.1 g/mol. The van der Waals surface area contributed by atoms with Gasteiger partial charge in [-0.05, 0) is 11.6 Å². The zero-order valence-corrected chi connectivity index (χ0v) is 3.53. The average molecular weight is 95.1 g/mol. The molecule has 3 heteroatoms. The van der Waals surface area contributed by atoms with Gasteiger partial charge in [0.05, 0.1) is 6.07 Å². The molecule has 0 saturated carbocycles. The lowest BCUT2D eigenvalue weighted by atomic mass is 10.4. The summed E-state index contributed by atoms with van der Waals surface area (Å²) in [6, 6.07) is 1.51. The van der Waals surface area contributed by atoms with Gasteiger partial charge in [0.15, 0.2) is 6.04 Å². The smallest absolute Gasteiger partial charge is 0.173 e. The number of nitriles is 1. The van der Waals surface area contributed by atoms with E-state index in [0.717, 1.165) is 0 Å². The SMILES string of the molecule is N#CC1C=CO[N]1. The van der Waals surface area contributed by atoms with E-state index in [4.69, 9.17) is 5.26 Å². The van der Waals surface area contributed by atoms with Crippen LogP contribution in [-0.2, 0) is 4.84 Å². The minimum atomic E-state index is -0.375. The molecule has 7 heavy (non-hydrogen) atoms. The highest BCUT2D eigenvalue weighted by atomic mass is 16.6. The van der Waals surface area contributed by atoms with Crippen molar-refractivity contribution in [1.82, 2.24) is 5.48 Å². The number of hydrogen-bond donors (Lipinski definition) is 0. The highest BCUT2D eigenvalue weighted by Crippen LogP contribution is 1.94. The molecule has 1 heterocycles. The fourth-order valence-electron chi connectivity index (χ4n) is 0.312. The van der Waals surface area contributed by atoms with E-state index in [-0.39, 0.29) is 6.04 Å². The molecule has 35 valence electrons. The Hall–Kier alpha value is -1.01. The first-order valence-electron chi connectivity index (χ1n) is 1.86. The van der Waals surface area contributed by atoms with Gasteiger partial charge in [-0.2, -0.15) is 5.26 Å². The molecule has 0 aliphatic carbocycles. The van der Waals surface area contributed by atoms with Crippen LogP contribution in [0.2, 0.25) is 0 Å². The molecule has 0 spiro atoms. The van der Waals surface area contributed by atoms with Gasteiger partial charge in [-0.1, -0.05) is 0 Å². The Kier molecular flexibility index (Phi) is 0.966. The Labute approximate surface area is 41.1 Å². The third-order valence-electron chi connectivity index (χ3n) is 0.628. The molecule has 0 saturated heterocycles. The first-order valence-corrected chi connectivity index (χ1v) is 1.86. The first kappa shape index (κ1) is 4.16. The highest BCUT2D eigenvalue weighted by Gasteiger charge is 2.07. The lowest BCUT2D eigenvalue weighted by Crippen LogP contribution is -2.08. The highest BCUT2D eigenvalue weighted by molar-refractivity contribution is 5.05. The van der Waals surface area contributed by atoms with E-state index in [1.54, 1.807) is 6.08 Å². The minimum absolute atomic E-state index is 0.375. The van der Waals surface area contributed by atoms with Crippen LogP contribution < -0.4 is 5.48 Å². The predicted molar refractivity (Wildman–Crippen MR) is 21.8 cm³/mol. The molecule has 1 unspecified atom stereocenters. The number of hydrogen-bond acceptors (Lipinski definition) is 2. The first-order chi connectivity index (χ1) is 3.43. The fourth-order valence-corrected chi connectivity index (χ4v) is 0.312. The summed E-state index contributed by atoms with van der Waals surface area (Å²) in [5.41, 5.74) is 3.38. The van der Waals surface area contributed by atoms with Gasteiger partial charge in [-0.15, -0.1) is 0 Å². The van der Waals surface area contributed by atoms with Crippen molar-refractivity contribution in [2.24, 2.45) is 0 Å². The summed E-state index contributed by atoms with van der Waals surface area (Å²) in [5.74, 6) is 0. The topological polar surface area (TPSA) is 47.1 Å². The molecule has 0 N–H and O–H groups in total.